The number of carbonyl (C=O) groups excluding carboxylic acids is 1. The SMILES string of the molecule is Cc1cc(CNC(=O)Cc2c(C)nc(-c3ccncc3)[nH]c2=O)no1. The van der Waals surface area contributed by atoms with Crippen LogP contribution in [0.25, 0.3) is 11.4 Å². The van der Waals surface area contributed by atoms with Crippen LogP contribution in [0.2, 0.25) is 0 Å². The van der Waals surface area contributed by atoms with E-state index in [1.807, 2.05) is 0 Å². The molecule has 1 amide bonds. The van der Waals surface area contributed by atoms with Gasteiger partial charge in [0.15, 0.2) is 0 Å². The van der Waals surface area contributed by atoms with Crippen molar-refractivity contribution in [1.82, 2.24) is 25.4 Å². The predicted octanol–water partition coefficient (Wildman–Crippen LogP) is 1.30. The summed E-state index contributed by atoms with van der Waals surface area (Å²) >= 11 is 0. The van der Waals surface area contributed by atoms with Gasteiger partial charge in [-0.05, 0) is 26.0 Å². The third kappa shape index (κ3) is 3.97. The zero-order chi connectivity index (χ0) is 17.8. The van der Waals surface area contributed by atoms with Gasteiger partial charge in [-0.1, -0.05) is 5.16 Å². The predicted molar refractivity (Wildman–Crippen MR) is 89.6 cm³/mol. The highest BCUT2D eigenvalue weighted by Crippen LogP contribution is 2.13. The minimum atomic E-state index is -0.327. The highest BCUT2D eigenvalue weighted by molar-refractivity contribution is 5.78. The first-order valence-electron chi connectivity index (χ1n) is 7.72. The molecule has 3 heterocycles. The summed E-state index contributed by atoms with van der Waals surface area (Å²) in [6.45, 7) is 3.73. The van der Waals surface area contributed by atoms with Crippen molar-refractivity contribution in [3.8, 4) is 11.4 Å². The summed E-state index contributed by atoms with van der Waals surface area (Å²) < 4.78 is 4.94. The van der Waals surface area contributed by atoms with E-state index in [-0.39, 0.29) is 24.4 Å². The van der Waals surface area contributed by atoms with Gasteiger partial charge in [0, 0.05) is 35.3 Å². The Balaban J connectivity index is 1.72. The standard InChI is InChI=1S/C17H17N5O3/c1-10-7-13(22-25-10)9-19-15(23)8-14-11(2)20-16(21-17(14)24)12-3-5-18-6-4-12/h3-7H,8-9H2,1-2H3,(H,19,23)(H,20,21,24). The number of hydrogen-bond donors (Lipinski definition) is 2. The van der Waals surface area contributed by atoms with Crippen LogP contribution in [-0.2, 0) is 17.8 Å². The largest absolute Gasteiger partial charge is 0.361 e. The lowest BCUT2D eigenvalue weighted by molar-refractivity contribution is -0.120. The Bertz CT molecular complexity index is 946. The summed E-state index contributed by atoms with van der Waals surface area (Å²) in [5.74, 6) is 0.840. The smallest absolute Gasteiger partial charge is 0.255 e. The molecule has 0 aliphatic heterocycles. The summed E-state index contributed by atoms with van der Waals surface area (Å²) in [6, 6.07) is 5.25. The molecule has 3 rings (SSSR count). The van der Waals surface area contributed by atoms with Crippen molar-refractivity contribution in [2.45, 2.75) is 26.8 Å². The minimum Gasteiger partial charge on any atom is -0.361 e. The monoisotopic (exact) mass is 339 g/mol. The summed E-state index contributed by atoms with van der Waals surface area (Å²) in [7, 11) is 0. The third-order valence-electron chi connectivity index (χ3n) is 3.66. The Labute approximate surface area is 143 Å². The number of nitrogens with zero attached hydrogens (tertiary/aromatic N) is 3. The quantitative estimate of drug-likeness (QED) is 0.724. The molecular weight excluding hydrogens is 322 g/mol. The second-order valence-electron chi connectivity index (χ2n) is 5.60. The Morgan fingerprint density at radius 3 is 2.68 bits per heavy atom. The van der Waals surface area contributed by atoms with Crippen LogP contribution in [0.3, 0.4) is 0 Å². The Hall–Kier alpha value is -3.29. The number of hydrogen-bond acceptors (Lipinski definition) is 6. The average molecular weight is 339 g/mol. The number of aromatic nitrogens is 4. The van der Waals surface area contributed by atoms with Crippen LogP contribution in [0.5, 0.6) is 0 Å². The number of aryl methyl sites for hydroxylation is 2. The van der Waals surface area contributed by atoms with Gasteiger partial charge in [-0.25, -0.2) is 4.98 Å². The number of nitrogens with one attached hydrogen (secondary N) is 2. The highest BCUT2D eigenvalue weighted by Gasteiger charge is 2.14. The number of H-pyrrole nitrogens is 1. The summed E-state index contributed by atoms with van der Waals surface area (Å²) in [5.41, 5.74) is 1.91. The van der Waals surface area contributed by atoms with E-state index in [2.05, 4.69) is 25.4 Å². The molecule has 0 unspecified atom stereocenters. The first-order chi connectivity index (χ1) is 12.0. The Morgan fingerprint density at radius 1 is 1.28 bits per heavy atom. The van der Waals surface area contributed by atoms with Gasteiger partial charge in [0.2, 0.25) is 5.91 Å². The normalized spacial score (nSPS) is 10.6. The lowest BCUT2D eigenvalue weighted by Crippen LogP contribution is -2.29. The number of amides is 1. The molecule has 8 heteroatoms. The van der Waals surface area contributed by atoms with E-state index in [0.717, 1.165) is 5.56 Å². The van der Waals surface area contributed by atoms with Gasteiger partial charge in [0.25, 0.3) is 5.56 Å². The van der Waals surface area contributed by atoms with Gasteiger partial charge in [-0.2, -0.15) is 0 Å². The van der Waals surface area contributed by atoms with Crippen LogP contribution in [0.1, 0.15) is 22.7 Å². The first-order valence-corrected chi connectivity index (χ1v) is 7.72. The van der Waals surface area contributed by atoms with E-state index >= 15 is 0 Å². The van der Waals surface area contributed by atoms with Gasteiger partial charge in [-0.3, -0.25) is 14.6 Å². The Kier molecular flexibility index (Phi) is 4.69. The van der Waals surface area contributed by atoms with Gasteiger partial charge < -0.3 is 14.8 Å². The fourth-order valence-corrected chi connectivity index (χ4v) is 2.38. The molecule has 0 bridgehead atoms. The van der Waals surface area contributed by atoms with Crippen LogP contribution < -0.4 is 10.9 Å². The second kappa shape index (κ2) is 7.08. The van der Waals surface area contributed by atoms with E-state index < -0.39 is 0 Å². The van der Waals surface area contributed by atoms with E-state index in [9.17, 15) is 9.59 Å². The maximum absolute atomic E-state index is 12.3. The fraction of sp³-hybridized carbons (Fsp3) is 0.235. The minimum absolute atomic E-state index is 0.0539. The average Bonchev–Trinajstić information content (AvgIpc) is 3.02. The van der Waals surface area contributed by atoms with Crippen molar-refractivity contribution in [2.24, 2.45) is 0 Å². The Morgan fingerprint density at radius 2 is 2.04 bits per heavy atom. The van der Waals surface area contributed by atoms with Crippen molar-refractivity contribution >= 4 is 5.91 Å². The zero-order valence-electron chi connectivity index (χ0n) is 13.9. The van der Waals surface area contributed by atoms with E-state index in [0.29, 0.717) is 28.5 Å². The molecule has 8 nitrogen and oxygen atoms in total. The maximum Gasteiger partial charge on any atom is 0.255 e. The molecule has 0 fully saturated rings. The molecule has 0 saturated carbocycles. The van der Waals surface area contributed by atoms with Gasteiger partial charge in [-0.15, -0.1) is 0 Å². The number of rotatable bonds is 5. The molecule has 0 aliphatic carbocycles. The van der Waals surface area contributed by atoms with Crippen molar-refractivity contribution in [3.63, 3.8) is 0 Å². The summed E-state index contributed by atoms with van der Waals surface area (Å²) in [4.78, 5) is 35.5. The first kappa shape index (κ1) is 16.6. The van der Waals surface area contributed by atoms with Gasteiger partial charge in [0.1, 0.15) is 17.3 Å². The molecule has 128 valence electrons. The van der Waals surface area contributed by atoms with Crippen molar-refractivity contribution < 1.29 is 9.32 Å². The van der Waals surface area contributed by atoms with Crippen molar-refractivity contribution in [1.29, 1.82) is 0 Å². The van der Waals surface area contributed by atoms with Crippen molar-refractivity contribution in [3.05, 3.63) is 63.7 Å². The third-order valence-corrected chi connectivity index (χ3v) is 3.66. The molecule has 2 N–H and O–H groups in total. The zero-order valence-corrected chi connectivity index (χ0v) is 13.9. The van der Waals surface area contributed by atoms with Crippen LogP contribution in [0.15, 0.2) is 39.9 Å². The van der Waals surface area contributed by atoms with E-state index in [1.165, 1.54) is 0 Å². The molecule has 3 aromatic heterocycles. The molecule has 0 radical (unpaired) electrons. The second-order valence-corrected chi connectivity index (χ2v) is 5.60. The molecule has 0 aromatic carbocycles. The molecule has 3 aromatic rings. The lowest BCUT2D eigenvalue weighted by Gasteiger charge is -2.07. The summed E-state index contributed by atoms with van der Waals surface area (Å²) in [6.07, 6.45) is 3.19. The van der Waals surface area contributed by atoms with Crippen LogP contribution >= 0.6 is 0 Å². The maximum atomic E-state index is 12.3. The van der Waals surface area contributed by atoms with E-state index in [1.54, 1.807) is 44.4 Å². The molecule has 0 spiro atoms. The summed E-state index contributed by atoms with van der Waals surface area (Å²) in [5, 5.41) is 6.51. The van der Waals surface area contributed by atoms with Crippen molar-refractivity contribution in [2.75, 3.05) is 0 Å². The van der Waals surface area contributed by atoms with Gasteiger partial charge in [0.05, 0.1) is 13.0 Å². The molecule has 25 heavy (non-hydrogen) atoms. The fourth-order valence-electron chi connectivity index (χ4n) is 2.38. The topological polar surface area (TPSA) is 114 Å². The lowest BCUT2D eigenvalue weighted by atomic mass is 10.1. The molecule has 0 atom stereocenters. The number of pyridine rings is 1. The molecule has 0 saturated heterocycles. The highest BCUT2D eigenvalue weighted by atomic mass is 16.5. The van der Waals surface area contributed by atoms with E-state index in [4.69, 9.17) is 4.52 Å². The van der Waals surface area contributed by atoms with Crippen LogP contribution in [0, 0.1) is 13.8 Å². The number of aromatic amines is 1. The molecular formula is C17H17N5O3. The van der Waals surface area contributed by atoms with Crippen LogP contribution in [0.4, 0.5) is 0 Å². The van der Waals surface area contributed by atoms with Crippen LogP contribution in [-0.4, -0.2) is 26.0 Å². The number of carbonyl (C=O) groups is 1. The molecule has 0 aliphatic rings. The van der Waals surface area contributed by atoms with Gasteiger partial charge >= 0.3 is 0 Å².